The second-order valence-electron chi connectivity index (χ2n) is 4.43. The van der Waals surface area contributed by atoms with Crippen LogP contribution in [0.1, 0.15) is 15.9 Å². The highest BCUT2D eigenvalue weighted by molar-refractivity contribution is 8.06. The molecule has 1 fully saturated rings. The van der Waals surface area contributed by atoms with Crippen LogP contribution < -0.4 is 5.32 Å². The number of aliphatic hydroxyl groups is 1. The fourth-order valence-electron chi connectivity index (χ4n) is 1.90. The van der Waals surface area contributed by atoms with Crippen LogP contribution in [0, 0.1) is 17.7 Å². The molecule has 0 aliphatic carbocycles. The van der Waals surface area contributed by atoms with Crippen molar-refractivity contribution in [2.75, 3.05) is 30.4 Å². The van der Waals surface area contributed by atoms with Crippen LogP contribution in [-0.2, 0) is 0 Å². The topological polar surface area (TPSA) is 49.3 Å². The number of aliphatic hydroxyl groups excluding tert-OH is 1. The van der Waals surface area contributed by atoms with Gasteiger partial charge in [-0.3, -0.25) is 4.79 Å². The zero-order chi connectivity index (χ0) is 15.1. The van der Waals surface area contributed by atoms with E-state index in [4.69, 9.17) is 5.11 Å². The molecular formula is C15H16FNO2S2. The number of nitrogens with one attached hydrogen (secondary N) is 1. The van der Waals surface area contributed by atoms with E-state index in [0.717, 1.165) is 17.3 Å². The summed E-state index contributed by atoms with van der Waals surface area (Å²) in [5.74, 6) is 7.62. The molecule has 0 saturated carbocycles. The molecule has 1 aromatic rings. The van der Waals surface area contributed by atoms with Gasteiger partial charge in [-0.05, 0) is 18.2 Å². The third kappa shape index (κ3) is 4.95. The Bertz CT molecular complexity index is 563. The van der Waals surface area contributed by atoms with E-state index in [1.807, 2.05) is 23.5 Å². The van der Waals surface area contributed by atoms with E-state index in [-0.39, 0.29) is 18.1 Å². The molecule has 1 saturated heterocycles. The lowest BCUT2D eigenvalue weighted by Crippen LogP contribution is -2.33. The highest BCUT2D eigenvalue weighted by Crippen LogP contribution is 2.23. The van der Waals surface area contributed by atoms with Crippen LogP contribution in [0.2, 0.25) is 0 Å². The van der Waals surface area contributed by atoms with E-state index in [1.54, 1.807) is 0 Å². The van der Waals surface area contributed by atoms with Crippen LogP contribution >= 0.6 is 23.5 Å². The number of amides is 1. The van der Waals surface area contributed by atoms with Gasteiger partial charge in [-0.15, -0.1) is 0 Å². The van der Waals surface area contributed by atoms with Crippen LogP contribution in [0.4, 0.5) is 4.39 Å². The minimum atomic E-state index is -0.475. The molecule has 0 bridgehead atoms. The zero-order valence-electron chi connectivity index (χ0n) is 11.4. The lowest BCUT2D eigenvalue weighted by atomic mass is 10.1. The van der Waals surface area contributed by atoms with Gasteiger partial charge in [0.15, 0.2) is 0 Å². The van der Waals surface area contributed by atoms with Crippen molar-refractivity contribution in [1.82, 2.24) is 5.32 Å². The Morgan fingerprint density at radius 1 is 1.48 bits per heavy atom. The van der Waals surface area contributed by atoms with Crippen molar-refractivity contribution in [2.24, 2.45) is 0 Å². The molecule has 1 atom stereocenters. The summed E-state index contributed by atoms with van der Waals surface area (Å²) in [5.41, 5.74) is 0.637. The van der Waals surface area contributed by atoms with Crippen molar-refractivity contribution >= 4 is 29.4 Å². The van der Waals surface area contributed by atoms with Gasteiger partial charge in [0.05, 0.1) is 5.56 Å². The maximum absolute atomic E-state index is 13.3. The van der Waals surface area contributed by atoms with E-state index in [9.17, 15) is 9.18 Å². The molecule has 1 heterocycles. The van der Waals surface area contributed by atoms with E-state index in [0.29, 0.717) is 17.4 Å². The number of rotatable bonds is 3. The molecule has 2 N–H and O–H groups in total. The summed E-state index contributed by atoms with van der Waals surface area (Å²) in [4.78, 5) is 12.2. The van der Waals surface area contributed by atoms with Crippen LogP contribution in [0.25, 0.3) is 0 Å². The van der Waals surface area contributed by atoms with Gasteiger partial charge in [-0.2, -0.15) is 23.5 Å². The van der Waals surface area contributed by atoms with Gasteiger partial charge in [-0.25, -0.2) is 4.39 Å². The number of hydrogen-bond acceptors (Lipinski definition) is 4. The average Bonchev–Trinajstić information content (AvgIpc) is 2.52. The van der Waals surface area contributed by atoms with Crippen molar-refractivity contribution in [1.29, 1.82) is 0 Å². The van der Waals surface area contributed by atoms with Gasteiger partial charge >= 0.3 is 0 Å². The highest BCUT2D eigenvalue weighted by atomic mass is 32.2. The van der Waals surface area contributed by atoms with Gasteiger partial charge in [0.2, 0.25) is 0 Å². The predicted molar refractivity (Wildman–Crippen MR) is 86.3 cm³/mol. The maximum Gasteiger partial charge on any atom is 0.252 e. The zero-order valence-corrected chi connectivity index (χ0v) is 13.0. The second kappa shape index (κ2) is 8.32. The number of benzene rings is 1. The summed E-state index contributed by atoms with van der Waals surface area (Å²) >= 11 is 3.74. The third-order valence-electron chi connectivity index (χ3n) is 2.90. The van der Waals surface area contributed by atoms with Gasteiger partial charge in [0, 0.05) is 34.6 Å². The molecule has 6 heteroatoms. The van der Waals surface area contributed by atoms with Crippen molar-refractivity contribution < 1.29 is 14.3 Å². The van der Waals surface area contributed by atoms with E-state index < -0.39 is 5.82 Å². The monoisotopic (exact) mass is 325 g/mol. The number of carbonyl (C=O) groups is 1. The Kier molecular flexibility index (Phi) is 6.43. The molecular weight excluding hydrogens is 309 g/mol. The second-order valence-corrected chi connectivity index (χ2v) is 6.99. The summed E-state index contributed by atoms with van der Waals surface area (Å²) in [6.45, 7) is 0.272. The highest BCUT2D eigenvalue weighted by Gasteiger charge is 2.17. The minimum Gasteiger partial charge on any atom is -0.384 e. The first-order chi connectivity index (χ1) is 10.2. The quantitative estimate of drug-likeness (QED) is 0.832. The lowest BCUT2D eigenvalue weighted by molar-refractivity contribution is 0.0953. The minimum absolute atomic E-state index is 0.212. The molecule has 3 nitrogen and oxygen atoms in total. The Balaban J connectivity index is 2.04. The molecule has 1 aromatic carbocycles. The fourth-order valence-corrected chi connectivity index (χ4v) is 4.52. The number of carbonyl (C=O) groups excluding carboxylic acids is 1. The van der Waals surface area contributed by atoms with Crippen molar-refractivity contribution in [3.8, 4) is 11.8 Å². The smallest absolute Gasteiger partial charge is 0.252 e. The van der Waals surface area contributed by atoms with E-state index >= 15 is 0 Å². The standard InChI is InChI=1S/C15H16FNO2S2/c16-12-4-3-11(2-1-5-18)14(8-12)15(19)17-9-13-10-20-6-7-21-13/h3-4,8,13,18H,5-7,9-10H2,(H,17,19). The van der Waals surface area contributed by atoms with Crippen molar-refractivity contribution in [3.05, 3.63) is 35.1 Å². The summed E-state index contributed by atoms with van der Waals surface area (Å²) in [6.07, 6.45) is 0. The summed E-state index contributed by atoms with van der Waals surface area (Å²) in [5, 5.41) is 12.0. The number of hydrogen-bond donors (Lipinski definition) is 2. The third-order valence-corrected chi connectivity index (χ3v) is 5.75. The lowest BCUT2D eigenvalue weighted by Gasteiger charge is -2.21. The van der Waals surface area contributed by atoms with Crippen LogP contribution in [0.3, 0.4) is 0 Å². The largest absolute Gasteiger partial charge is 0.384 e. The molecule has 1 amide bonds. The van der Waals surface area contributed by atoms with Gasteiger partial charge in [0.1, 0.15) is 12.4 Å². The van der Waals surface area contributed by atoms with E-state index in [2.05, 4.69) is 17.2 Å². The first-order valence-electron chi connectivity index (χ1n) is 6.57. The van der Waals surface area contributed by atoms with Gasteiger partial charge < -0.3 is 10.4 Å². The van der Waals surface area contributed by atoms with Gasteiger partial charge in [0.25, 0.3) is 5.91 Å². The normalized spacial score (nSPS) is 17.7. The maximum atomic E-state index is 13.3. The Morgan fingerprint density at radius 3 is 3.05 bits per heavy atom. The predicted octanol–water partition coefficient (Wildman–Crippen LogP) is 1.75. The molecule has 1 unspecified atom stereocenters. The average molecular weight is 325 g/mol. The molecule has 0 aromatic heterocycles. The van der Waals surface area contributed by atoms with Crippen LogP contribution in [0.5, 0.6) is 0 Å². The molecule has 1 aliphatic heterocycles. The Labute approximate surface area is 132 Å². The van der Waals surface area contributed by atoms with Crippen molar-refractivity contribution in [2.45, 2.75) is 5.25 Å². The fraction of sp³-hybridized carbons (Fsp3) is 0.400. The Morgan fingerprint density at radius 2 is 2.33 bits per heavy atom. The number of halogens is 1. The van der Waals surface area contributed by atoms with E-state index in [1.165, 1.54) is 18.2 Å². The van der Waals surface area contributed by atoms with Crippen molar-refractivity contribution in [3.63, 3.8) is 0 Å². The Hall–Kier alpha value is -1.16. The molecule has 0 spiro atoms. The summed E-state index contributed by atoms with van der Waals surface area (Å²) < 4.78 is 13.3. The number of thioether (sulfide) groups is 2. The molecule has 21 heavy (non-hydrogen) atoms. The first kappa shape index (κ1) is 16.2. The first-order valence-corrected chi connectivity index (χ1v) is 8.78. The molecule has 2 rings (SSSR count). The molecule has 112 valence electrons. The summed E-state index contributed by atoms with van der Waals surface area (Å²) in [7, 11) is 0. The SMILES string of the molecule is O=C(NCC1CSCCS1)c1cc(F)ccc1C#CCO. The molecule has 1 aliphatic rings. The van der Waals surface area contributed by atoms with Crippen LogP contribution in [0.15, 0.2) is 18.2 Å². The summed E-state index contributed by atoms with van der Waals surface area (Å²) in [6, 6.07) is 3.89. The van der Waals surface area contributed by atoms with Crippen LogP contribution in [-0.4, -0.2) is 46.7 Å². The molecule has 0 radical (unpaired) electrons. The van der Waals surface area contributed by atoms with Gasteiger partial charge in [-0.1, -0.05) is 11.8 Å².